The highest BCUT2D eigenvalue weighted by molar-refractivity contribution is 5.77. The number of para-hydroxylation sites is 1. The molecule has 2 N–H and O–H groups in total. The summed E-state index contributed by atoms with van der Waals surface area (Å²) in [5, 5.41) is 19.5. The summed E-state index contributed by atoms with van der Waals surface area (Å²) in [5.41, 5.74) is 4.14. The summed E-state index contributed by atoms with van der Waals surface area (Å²) in [6.07, 6.45) is 4.82. The number of carboxylic acids is 1. The molecule has 0 amide bonds. The molecule has 2 aromatic rings. The van der Waals surface area contributed by atoms with E-state index in [1.807, 2.05) is 18.2 Å². The van der Waals surface area contributed by atoms with Crippen molar-refractivity contribution in [1.29, 1.82) is 0 Å². The Kier molecular flexibility index (Phi) is 4.14. The highest BCUT2D eigenvalue weighted by Crippen LogP contribution is 2.29. The maximum atomic E-state index is 11.7. The average molecular weight is 296 g/mol. The van der Waals surface area contributed by atoms with Crippen molar-refractivity contribution >= 4 is 5.97 Å². The molecule has 0 aliphatic heterocycles. The number of fused-ring (bicyclic) bond motifs is 1. The molecule has 1 aliphatic carbocycles. The highest BCUT2D eigenvalue weighted by Gasteiger charge is 2.23. The minimum absolute atomic E-state index is 0.159. The molecule has 3 rings (SSSR count). The first kappa shape index (κ1) is 14.6. The van der Waals surface area contributed by atoms with Crippen LogP contribution in [0.1, 0.15) is 41.0 Å². The zero-order chi connectivity index (χ0) is 15.5. The summed E-state index contributed by atoms with van der Waals surface area (Å²) in [7, 11) is 0. The molecule has 1 atom stereocenters. The van der Waals surface area contributed by atoms with Crippen LogP contribution >= 0.6 is 0 Å². The summed E-state index contributed by atoms with van der Waals surface area (Å²) in [4.78, 5) is 11.7. The molecule has 0 heterocycles. The smallest absolute Gasteiger partial charge is 0.311 e. The Labute approximate surface area is 130 Å². The summed E-state index contributed by atoms with van der Waals surface area (Å²) in [6, 6.07) is 13.0. The van der Waals surface area contributed by atoms with E-state index in [-0.39, 0.29) is 5.75 Å². The molecule has 2 aromatic carbocycles. The van der Waals surface area contributed by atoms with Gasteiger partial charge in [0.2, 0.25) is 0 Å². The highest BCUT2D eigenvalue weighted by atomic mass is 16.4. The van der Waals surface area contributed by atoms with Crippen molar-refractivity contribution in [1.82, 2.24) is 0 Å². The topological polar surface area (TPSA) is 57.5 Å². The Hall–Kier alpha value is -2.29. The van der Waals surface area contributed by atoms with Gasteiger partial charge < -0.3 is 10.2 Å². The maximum absolute atomic E-state index is 11.7. The summed E-state index contributed by atoms with van der Waals surface area (Å²) in [6.45, 7) is 0. The largest absolute Gasteiger partial charge is 0.508 e. The molecule has 3 nitrogen and oxygen atoms in total. The van der Waals surface area contributed by atoms with Gasteiger partial charge in [0.15, 0.2) is 0 Å². The van der Waals surface area contributed by atoms with Gasteiger partial charge in [-0.15, -0.1) is 0 Å². The number of hydrogen-bond donors (Lipinski definition) is 2. The normalized spacial score (nSPS) is 15.1. The van der Waals surface area contributed by atoms with Crippen molar-refractivity contribution in [3.05, 3.63) is 64.7 Å². The number of aliphatic carboxylic acids is 1. The monoisotopic (exact) mass is 296 g/mol. The molecule has 0 saturated carbocycles. The van der Waals surface area contributed by atoms with Gasteiger partial charge in [-0.2, -0.15) is 0 Å². The fourth-order valence-corrected chi connectivity index (χ4v) is 3.22. The van der Waals surface area contributed by atoms with Gasteiger partial charge >= 0.3 is 5.97 Å². The van der Waals surface area contributed by atoms with Crippen LogP contribution in [0.4, 0.5) is 0 Å². The third kappa shape index (κ3) is 2.98. The predicted octanol–water partition coefficient (Wildman–Crippen LogP) is 3.68. The van der Waals surface area contributed by atoms with Crippen molar-refractivity contribution in [2.24, 2.45) is 0 Å². The van der Waals surface area contributed by atoms with Gasteiger partial charge in [0.25, 0.3) is 0 Å². The van der Waals surface area contributed by atoms with Crippen molar-refractivity contribution in [3.63, 3.8) is 0 Å². The van der Waals surface area contributed by atoms with Gasteiger partial charge in [-0.1, -0.05) is 36.4 Å². The van der Waals surface area contributed by atoms with Crippen LogP contribution in [0.5, 0.6) is 5.75 Å². The zero-order valence-electron chi connectivity index (χ0n) is 12.5. The Morgan fingerprint density at radius 1 is 1.05 bits per heavy atom. The van der Waals surface area contributed by atoms with E-state index in [0.29, 0.717) is 12.0 Å². The van der Waals surface area contributed by atoms with E-state index >= 15 is 0 Å². The molecular formula is C19H20O3. The Bertz CT molecular complexity index is 691. The van der Waals surface area contributed by atoms with E-state index in [1.165, 1.54) is 24.0 Å². The Balaban J connectivity index is 1.91. The van der Waals surface area contributed by atoms with Crippen molar-refractivity contribution < 1.29 is 15.0 Å². The van der Waals surface area contributed by atoms with E-state index in [1.54, 1.807) is 18.2 Å². The molecule has 1 aliphatic rings. The van der Waals surface area contributed by atoms with Crippen LogP contribution < -0.4 is 0 Å². The molecule has 22 heavy (non-hydrogen) atoms. The van der Waals surface area contributed by atoms with E-state index in [2.05, 4.69) is 6.07 Å². The lowest BCUT2D eigenvalue weighted by Crippen LogP contribution is -2.15. The molecule has 1 unspecified atom stereocenters. The number of carboxylic acid groups (broad SMARTS) is 1. The quantitative estimate of drug-likeness (QED) is 0.905. The van der Waals surface area contributed by atoms with E-state index in [4.69, 9.17) is 0 Å². The van der Waals surface area contributed by atoms with Crippen LogP contribution in [0.3, 0.4) is 0 Å². The van der Waals surface area contributed by atoms with Crippen molar-refractivity contribution in [2.45, 2.75) is 38.0 Å². The zero-order valence-corrected chi connectivity index (χ0v) is 12.5. The fraction of sp³-hybridized carbons (Fsp3) is 0.316. The van der Waals surface area contributed by atoms with Crippen molar-refractivity contribution in [3.8, 4) is 5.75 Å². The summed E-state index contributed by atoms with van der Waals surface area (Å²) >= 11 is 0. The molecule has 0 aromatic heterocycles. The van der Waals surface area contributed by atoms with E-state index < -0.39 is 11.9 Å². The lowest BCUT2D eigenvalue weighted by atomic mass is 9.85. The van der Waals surface area contributed by atoms with E-state index in [9.17, 15) is 15.0 Å². The fourth-order valence-electron chi connectivity index (χ4n) is 3.22. The molecule has 0 radical (unpaired) electrons. The number of rotatable bonds is 4. The SMILES string of the molecule is O=C(O)C(Cc1ccccc1O)c1ccc2c(c1)CCCC2. The lowest BCUT2D eigenvalue weighted by Gasteiger charge is -2.19. The van der Waals surface area contributed by atoms with Crippen LogP contribution in [0.2, 0.25) is 0 Å². The predicted molar refractivity (Wildman–Crippen MR) is 85.3 cm³/mol. The second kappa shape index (κ2) is 6.22. The number of phenols is 1. The van der Waals surface area contributed by atoms with Crippen molar-refractivity contribution in [2.75, 3.05) is 0 Å². The van der Waals surface area contributed by atoms with Gasteiger partial charge in [-0.05, 0) is 60.4 Å². The molecule has 3 heteroatoms. The third-order valence-corrected chi connectivity index (χ3v) is 4.49. The molecule has 114 valence electrons. The lowest BCUT2D eigenvalue weighted by molar-refractivity contribution is -0.138. The molecule has 0 saturated heterocycles. The average Bonchev–Trinajstić information content (AvgIpc) is 2.53. The number of benzene rings is 2. The number of aromatic hydroxyl groups is 1. The maximum Gasteiger partial charge on any atom is 0.311 e. The molecule has 0 bridgehead atoms. The Morgan fingerprint density at radius 2 is 1.77 bits per heavy atom. The second-order valence-corrected chi connectivity index (χ2v) is 5.96. The summed E-state index contributed by atoms with van der Waals surface area (Å²) in [5.74, 6) is -1.31. The first-order chi connectivity index (χ1) is 10.6. The molecule has 0 spiro atoms. The van der Waals surface area contributed by atoms with Crippen LogP contribution in [-0.2, 0) is 24.1 Å². The summed E-state index contributed by atoms with van der Waals surface area (Å²) < 4.78 is 0. The van der Waals surface area contributed by atoms with Crippen LogP contribution in [0.15, 0.2) is 42.5 Å². The molecular weight excluding hydrogens is 276 g/mol. The van der Waals surface area contributed by atoms with Crippen LogP contribution in [0.25, 0.3) is 0 Å². The van der Waals surface area contributed by atoms with Gasteiger partial charge in [0.05, 0.1) is 5.92 Å². The van der Waals surface area contributed by atoms with Crippen LogP contribution in [0, 0.1) is 0 Å². The Morgan fingerprint density at radius 3 is 2.50 bits per heavy atom. The minimum Gasteiger partial charge on any atom is -0.508 e. The number of hydrogen-bond acceptors (Lipinski definition) is 2. The first-order valence-corrected chi connectivity index (χ1v) is 7.76. The van der Waals surface area contributed by atoms with Crippen LogP contribution in [-0.4, -0.2) is 16.2 Å². The standard InChI is InChI=1S/C19H20O3/c20-18-8-4-3-7-16(18)12-17(19(21)22)15-10-9-13-5-1-2-6-14(13)11-15/h3-4,7-11,17,20H,1-2,5-6,12H2,(H,21,22). The number of phenolic OH excluding ortho intramolecular Hbond substituents is 1. The van der Waals surface area contributed by atoms with Gasteiger partial charge in [0, 0.05) is 0 Å². The minimum atomic E-state index is -0.848. The van der Waals surface area contributed by atoms with Gasteiger partial charge in [0.1, 0.15) is 5.75 Å². The second-order valence-electron chi connectivity index (χ2n) is 5.96. The van der Waals surface area contributed by atoms with Gasteiger partial charge in [-0.3, -0.25) is 4.79 Å². The number of aryl methyl sites for hydroxylation is 2. The first-order valence-electron chi connectivity index (χ1n) is 7.76. The number of carbonyl (C=O) groups is 1. The van der Waals surface area contributed by atoms with E-state index in [0.717, 1.165) is 18.4 Å². The third-order valence-electron chi connectivity index (χ3n) is 4.49. The van der Waals surface area contributed by atoms with Gasteiger partial charge in [-0.25, -0.2) is 0 Å². The molecule has 0 fully saturated rings.